The van der Waals surface area contributed by atoms with E-state index >= 15 is 0 Å². The van der Waals surface area contributed by atoms with Crippen LogP contribution in [0.25, 0.3) is 11.6 Å². The molecule has 0 saturated carbocycles. The van der Waals surface area contributed by atoms with Crippen LogP contribution in [-0.4, -0.2) is 22.5 Å². The third kappa shape index (κ3) is 2.25. The molecule has 5 nitrogen and oxygen atoms in total. The lowest BCUT2D eigenvalue weighted by molar-refractivity contribution is 0.0518. The SMILES string of the molecule is CCOC(=O)c1nc(-c2occc2C)ncc1C. The molecule has 0 bridgehead atoms. The molecule has 0 aromatic carbocycles. The summed E-state index contributed by atoms with van der Waals surface area (Å²) < 4.78 is 10.3. The van der Waals surface area contributed by atoms with Gasteiger partial charge in [-0.25, -0.2) is 14.8 Å². The van der Waals surface area contributed by atoms with Crippen LogP contribution < -0.4 is 0 Å². The molecule has 94 valence electrons. The maximum atomic E-state index is 11.7. The molecule has 0 atom stereocenters. The Morgan fingerprint density at radius 3 is 2.78 bits per heavy atom. The smallest absolute Gasteiger partial charge is 0.357 e. The molecule has 0 fully saturated rings. The Kier molecular flexibility index (Phi) is 3.41. The minimum Gasteiger partial charge on any atom is -0.461 e. The van der Waals surface area contributed by atoms with Crippen molar-refractivity contribution in [3.8, 4) is 11.6 Å². The minimum absolute atomic E-state index is 0.276. The van der Waals surface area contributed by atoms with Gasteiger partial charge < -0.3 is 9.15 Å². The highest BCUT2D eigenvalue weighted by molar-refractivity contribution is 5.89. The van der Waals surface area contributed by atoms with E-state index in [1.165, 1.54) is 0 Å². The normalized spacial score (nSPS) is 10.4. The van der Waals surface area contributed by atoms with Gasteiger partial charge in [-0.15, -0.1) is 0 Å². The molecule has 0 radical (unpaired) electrons. The Morgan fingerprint density at radius 1 is 1.39 bits per heavy atom. The van der Waals surface area contributed by atoms with Crippen molar-refractivity contribution in [3.63, 3.8) is 0 Å². The van der Waals surface area contributed by atoms with Crippen molar-refractivity contribution in [1.29, 1.82) is 0 Å². The number of rotatable bonds is 3. The second-order valence-electron chi connectivity index (χ2n) is 3.88. The fourth-order valence-corrected chi connectivity index (χ4v) is 1.56. The quantitative estimate of drug-likeness (QED) is 0.778. The summed E-state index contributed by atoms with van der Waals surface area (Å²) in [7, 11) is 0. The number of esters is 1. The van der Waals surface area contributed by atoms with Gasteiger partial charge in [-0.1, -0.05) is 0 Å². The molecule has 2 heterocycles. The summed E-state index contributed by atoms with van der Waals surface area (Å²) in [5, 5.41) is 0. The number of ether oxygens (including phenoxy) is 1. The summed E-state index contributed by atoms with van der Waals surface area (Å²) in [6, 6.07) is 1.82. The molecule has 0 saturated heterocycles. The van der Waals surface area contributed by atoms with Crippen molar-refractivity contribution in [2.45, 2.75) is 20.8 Å². The molecular formula is C13H14N2O3. The molecule has 0 aliphatic carbocycles. The summed E-state index contributed by atoms with van der Waals surface area (Å²) >= 11 is 0. The Bertz CT molecular complexity index is 575. The van der Waals surface area contributed by atoms with E-state index in [-0.39, 0.29) is 5.69 Å². The molecule has 2 rings (SSSR count). The van der Waals surface area contributed by atoms with Crippen molar-refractivity contribution < 1.29 is 13.9 Å². The van der Waals surface area contributed by atoms with Crippen LogP contribution in [0.15, 0.2) is 22.9 Å². The van der Waals surface area contributed by atoms with Crippen LogP contribution in [0.1, 0.15) is 28.5 Å². The van der Waals surface area contributed by atoms with Crippen molar-refractivity contribution >= 4 is 5.97 Å². The lowest BCUT2D eigenvalue weighted by Gasteiger charge is -2.05. The van der Waals surface area contributed by atoms with Gasteiger partial charge in [-0.2, -0.15) is 0 Å². The van der Waals surface area contributed by atoms with Crippen LogP contribution in [0.4, 0.5) is 0 Å². The van der Waals surface area contributed by atoms with Crippen molar-refractivity contribution in [2.24, 2.45) is 0 Å². The number of furan rings is 1. The maximum Gasteiger partial charge on any atom is 0.357 e. The molecule has 2 aromatic rings. The topological polar surface area (TPSA) is 65.2 Å². The number of aromatic nitrogens is 2. The van der Waals surface area contributed by atoms with Gasteiger partial charge in [-0.05, 0) is 32.4 Å². The van der Waals surface area contributed by atoms with Crippen LogP contribution >= 0.6 is 0 Å². The van der Waals surface area contributed by atoms with Crippen LogP contribution in [0.2, 0.25) is 0 Å². The predicted octanol–water partition coefficient (Wildman–Crippen LogP) is 2.53. The van der Waals surface area contributed by atoms with Gasteiger partial charge in [0.05, 0.1) is 12.9 Å². The molecular weight excluding hydrogens is 232 g/mol. The summed E-state index contributed by atoms with van der Waals surface area (Å²) in [5.74, 6) is 0.523. The second-order valence-corrected chi connectivity index (χ2v) is 3.88. The molecule has 0 aliphatic heterocycles. The first-order valence-corrected chi connectivity index (χ1v) is 5.68. The number of hydrogen-bond donors (Lipinski definition) is 0. The zero-order valence-corrected chi connectivity index (χ0v) is 10.6. The van der Waals surface area contributed by atoms with Gasteiger partial charge in [0.25, 0.3) is 0 Å². The molecule has 0 N–H and O–H groups in total. The number of nitrogens with zero attached hydrogens (tertiary/aromatic N) is 2. The van der Waals surface area contributed by atoms with Gasteiger partial charge >= 0.3 is 5.97 Å². The Morgan fingerprint density at radius 2 is 2.17 bits per heavy atom. The number of aryl methyl sites for hydroxylation is 2. The van der Waals surface area contributed by atoms with Gasteiger partial charge in [0.15, 0.2) is 17.3 Å². The van der Waals surface area contributed by atoms with E-state index in [4.69, 9.17) is 9.15 Å². The molecule has 2 aromatic heterocycles. The van der Waals surface area contributed by atoms with Crippen molar-refractivity contribution in [2.75, 3.05) is 6.61 Å². The fraction of sp³-hybridized carbons (Fsp3) is 0.308. The zero-order valence-electron chi connectivity index (χ0n) is 10.6. The molecule has 18 heavy (non-hydrogen) atoms. The van der Waals surface area contributed by atoms with Crippen LogP contribution in [0, 0.1) is 13.8 Å². The first-order valence-electron chi connectivity index (χ1n) is 5.68. The van der Waals surface area contributed by atoms with Crippen molar-refractivity contribution in [3.05, 3.63) is 35.3 Å². The summed E-state index contributed by atoms with van der Waals surface area (Å²) in [6.45, 7) is 5.74. The fourth-order valence-electron chi connectivity index (χ4n) is 1.56. The summed E-state index contributed by atoms with van der Waals surface area (Å²) in [6.07, 6.45) is 3.16. The third-order valence-electron chi connectivity index (χ3n) is 2.51. The Balaban J connectivity index is 2.44. The van der Waals surface area contributed by atoms with E-state index in [1.54, 1.807) is 26.3 Å². The van der Waals surface area contributed by atoms with Gasteiger partial charge in [-0.3, -0.25) is 0 Å². The predicted molar refractivity (Wildman–Crippen MR) is 65.2 cm³/mol. The first-order chi connectivity index (χ1) is 8.63. The third-order valence-corrected chi connectivity index (χ3v) is 2.51. The lowest BCUT2D eigenvalue weighted by atomic mass is 10.2. The van der Waals surface area contributed by atoms with Crippen LogP contribution in [0.5, 0.6) is 0 Å². The number of carbonyl (C=O) groups is 1. The highest BCUT2D eigenvalue weighted by Crippen LogP contribution is 2.21. The first kappa shape index (κ1) is 12.3. The van der Waals surface area contributed by atoms with Crippen LogP contribution in [-0.2, 0) is 4.74 Å². The average Bonchev–Trinajstić information content (AvgIpc) is 2.76. The Labute approximate surface area is 105 Å². The molecule has 0 aliphatic rings. The van der Waals surface area contributed by atoms with Gasteiger partial charge in [0.2, 0.25) is 0 Å². The maximum absolute atomic E-state index is 11.7. The van der Waals surface area contributed by atoms with E-state index < -0.39 is 5.97 Å². The molecule has 5 heteroatoms. The molecule has 0 amide bonds. The monoisotopic (exact) mass is 246 g/mol. The summed E-state index contributed by atoms with van der Waals surface area (Å²) in [4.78, 5) is 20.1. The highest BCUT2D eigenvalue weighted by Gasteiger charge is 2.16. The minimum atomic E-state index is -0.442. The number of carbonyl (C=O) groups excluding carboxylic acids is 1. The Hall–Kier alpha value is -2.17. The molecule has 0 spiro atoms. The van der Waals surface area contributed by atoms with E-state index in [2.05, 4.69) is 9.97 Å². The van der Waals surface area contributed by atoms with E-state index in [0.717, 1.165) is 5.56 Å². The van der Waals surface area contributed by atoms with Gasteiger partial charge in [0, 0.05) is 11.8 Å². The lowest BCUT2D eigenvalue weighted by Crippen LogP contribution is -2.10. The van der Waals surface area contributed by atoms with E-state index in [1.807, 2.05) is 13.0 Å². The van der Waals surface area contributed by atoms with Gasteiger partial charge in [0.1, 0.15) is 0 Å². The zero-order chi connectivity index (χ0) is 13.1. The van der Waals surface area contributed by atoms with Crippen LogP contribution in [0.3, 0.4) is 0 Å². The summed E-state index contributed by atoms with van der Waals surface area (Å²) in [5.41, 5.74) is 1.88. The highest BCUT2D eigenvalue weighted by atomic mass is 16.5. The van der Waals surface area contributed by atoms with E-state index in [0.29, 0.717) is 23.8 Å². The standard InChI is InChI=1S/C13H14N2O3/c1-4-17-13(16)10-9(3)7-14-12(15-10)11-8(2)5-6-18-11/h5-7H,4H2,1-3H3. The van der Waals surface area contributed by atoms with E-state index in [9.17, 15) is 4.79 Å². The molecule has 0 unspecified atom stereocenters. The average molecular weight is 246 g/mol. The largest absolute Gasteiger partial charge is 0.461 e. The second kappa shape index (κ2) is 5.00. The van der Waals surface area contributed by atoms with Crippen molar-refractivity contribution in [1.82, 2.24) is 9.97 Å². The number of hydrogen-bond acceptors (Lipinski definition) is 5.